The first kappa shape index (κ1) is 21.4. The minimum atomic E-state index is -3.45. The molecule has 1 fully saturated rings. The Morgan fingerprint density at radius 3 is 2.48 bits per heavy atom. The van der Waals surface area contributed by atoms with E-state index in [9.17, 15) is 22.0 Å². The lowest BCUT2D eigenvalue weighted by Crippen LogP contribution is -2.20. The number of rotatable bonds is 7. The number of halogens is 2. The van der Waals surface area contributed by atoms with Gasteiger partial charge in [-0.3, -0.25) is 4.79 Å². The van der Waals surface area contributed by atoms with E-state index in [0.717, 1.165) is 42.8 Å². The highest BCUT2D eigenvalue weighted by atomic mass is 32.2. The van der Waals surface area contributed by atoms with E-state index in [1.54, 1.807) is 0 Å². The van der Waals surface area contributed by atoms with Crippen molar-refractivity contribution in [3.05, 3.63) is 29.6 Å². The number of sulfone groups is 1. The first-order chi connectivity index (χ1) is 13.7. The van der Waals surface area contributed by atoms with E-state index in [1.165, 1.54) is 25.5 Å². The molecule has 0 unspecified atom stereocenters. The fourth-order valence-electron chi connectivity index (χ4n) is 3.61. The molecule has 2 aromatic rings. The first-order valence-corrected chi connectivity index (χ1v) is 11.4. The molecule has 0 saturated heterocycles. The summed E-state index contributed by atoms with van der Waals surface area (Å²) in [6.45, 7) is 1.76. The topological polar surface area (TPSA) is 94.0 Å². The van der Waals surface area contributed by atoms with Gasteiger partial charge < -0.3 is 5.32 Å². The molecular formula is C19H24F2N4O3S. The smallest absolute Gasteiger partial charge is 0.282 e. The maximum absolute atomic E-state index is 13.6. The van der Waals surface area contributed by atoms with Crippen molar-refractivity contribution in [3.8, 4) is 5.82 Å². The lowest BCUT2D eigenvalue weighted by molar-refractivity contribution is 0.0998. The molecule has 0 amide bonds. The minimum absolute atomic E-state index is 0.00555. The van der Waals surface area contributed by atoms with Crippen LogP contribution in [0.4, 0.5) is 14.6 Å². The highest BCUT2D eigenvalue weighted by molar-refractivity contribution is 7.90. The van der Waals surface area contributed by atoms with E-state index in [0.29, 0.717) is 12.5 Å². The third-order valence-electron chi connectivity index (χ3n) is 5.12. The van der Waals surface area contributed by atoms with Crippen LogP contribution in [0.15, 0.2) is 23.2 Å². The number of anilines is 1. The Labute approximate surface area is 168 Å². The van der Waals surface area contributed by atoms with Crippen molar-refractivity contribution < 1.29 is 22.0 Å². The van der Waals surface area contributed by atoms with Crippen LogP contribution in [0.25, 0.3) is 5.82 Å². The second-order valence-corrected chi connectivity index (χ2v) is 9.40. The van der Waals surface area contributed by atoms with Gasteiger partial charge in [0, 0.05) is 19.0 Å². The summed E-state index contributed by atoms with van der Waals surface area (Å²) in [4.78, 5) is 16.2. The summed E-state index contributed by atoms with van der Waals surface area (Å²) in [5.41, 5.74) is -0.776. The zero-order chi connectivity index (χ0) is 21.2. The second kappa shape index (κ2) is 8.56. The van der Waals surface area contributed by atoms with E-state index < -0.39 is 27.7 Å². The van der Waals surface area contributed by atoms with Crippen molar-refractivity contribution in [2.24, 2.45) is 5.92 Å². The molecule has 0 atom stereocenters. The monoisotopic (exact) mass is 426 g/mol. The number of carbonyl (C=O) groups excluding carboxylic acids is 1. The van der Waals surface area contributed by atoms with Gasteiger partial charge in [-0.1, -0.05) is 19.3 Å². The average Bonchev–Trinajstić information content (AvgIpc) is 3.07. The van der Waals surface area contributed by atoms with Crippen molar-refractivity contribution >= 4 is 21.4 Å². The average molecular weight is 426 g/mol. The van der Waals surface area contributed by atoms with Gasteiger partial charge in [-0.25, -0.2) is 22.2 Å². The van der Waals surface area contributed by atoms with Crippen molar-refractivity contribution in [3.63, 3.8) is 0 Å². The number of carbonyl (C=O) groups is 1. The molecule has 1 aliphatic carbocycles. The predicted molar refractivity (Wildman–Crippen MR) is 104 cm³/mol. The van der Waals surface area contributed by atoms with Crippen LogP contribution in [0.3, 0.4) is 0 Å². The highest BCUT2D eigenvalue weighted by Gasteiger charge is 2.28. The molecule has 7 nitrogen and oxygen atoms in total. The number of nitrogens with zero attached hydrogens (tertiary/aromatic N) is 3. The van der Waals surface area contributed by atoms with E-state index in [2.05, 4.69) is 15.4 Å². The molecule has 158 valence electrons. The molecule has 1 saturated carbocycles. The molecule has 29 heavy (non-hydrogen) atoms. The van der Waals surface area contributed by atoms with E-state index in [-0.39, 0.29) is 22.1 Å². The summed E-state index contributed by atoms with van der Waals surface area (Å²) in [6.07, 6.45) is 4.80. The van der Waals surface area contributed by atoms with Gasteiger partial charge in [0.25, 0.3) is 6.43 Å². The van der Waals surface area contributed by atoms with Crippen molar-refractivity contribution in [2.45, 2.75) is 50.3 Å². The quantitative estimate of drug-likeness (QED) is 0.677. The Morgan fingerprint density at radius 2 is 1.97 bits per heavy atom. The van der Waals surface area contributed by atoms with Crippen LogP contribution < -0.4 is 5.32 Å². The van der Waals surface area contributed by atoms with E-state index in [4.69, 9.17) is 0 Å². The van der Waals surface area contributed by atoms with Crippen molar-refractivity contribution in [2.75, 3.05) is 18.1 Å². The molecule has 10 heteroatoms. The zero-order valence-corrected chi connectivity index (χ0v) is 17.2. The van der Waals surface area contributed by atoms with Gasteiger partial charge in [0.15, 0.2) is 21.4 Å². The lowest BCUT2D eigenvalue weighted by atomic mass is 9.89. The molecule has 2 aromatic heterocycles. The number of aromatic nitrogens is 3. The molecule has 1 N–H and O–H groups in total. The summed E-state index contributed by atoms with van der Waals surface area (Å²) in [6, 6.07) is 2.72. The Morgan fingerprint density at radius 1 is 1.28 bits per heavy atom. The van der Waals surface area contributed by atoms with Gasteiger partial charge >= 0.3 is 0 Å². The minimum Gasteiger partial charge on any atom is -0.369 e. The molecule has 2 heterocycles. The van der Waals surface area contributed by atoms with Gasteiger partial charge in [0.1, 0.15) is 11.5 Å². The van der Waals surface area contributed by atoms with Crippen LogP contribution in [0.1, 0.15) is 61.5 Å². The fourth-order valence-corrected chi connectivity index (χ4v) is 4.17. The Balaban J connectivity index is 2.02. The van der Waals surface area contributed by atoms with E-state index >= 15 is 0 Å². The first-order valence-electron chi connectivity index (χ1n) is 9.51. The SMILES string of the molecule is CC(=O)c1c(C(F)F)nn(-c2ccc(S(C)(=O)=O)cn2)c1NCC1CCCCC1. The number of hydrogen-bond acceptors (Lipinski definition) is 6. The Bertz CT molecular complexity index is 982. The standard InChI is InChI=1S/C19H24F2N4O3S/c1-12(26)16-17(18(20)21)24-25(15-9-8-14(11-22-15)29(2,27)28)19(16)23-10-13-6-4-3-5-7-13/h8-9,11,13,18,23H,3-7,10H2,1-2H3. The summed E-state index contributed by atoms with van der Waals surface area (Å²) in [5, 5.41) is 7.07. The van der Waals surface area contributed by atoms with Gasteiger partial charge in [-0.15, -0.1) is 0 Å². The Kier molecular flexibility index (Phi) is 6.30. The lowest BCUT2D eigenvalue weighted by Gasteiger charge is -2.22. The molecule has 0 aliphatic heterocycles. The van der Waals surface area contributed by atoms with Crippen LogP contribution in [-0.4, -0.2) is 41.8 Å². The highest BCUT2D eigenvalue weighted by Crippen LogP contribution is 2.32. The number of pyridine rings is 1. The molecule has 3 rings (SSSR count). The normalized spacial score (nSPS) is 15.6. The van der Waals surface area contributed by atoms with E-state index in [1.807, 2.05) is 0 Å². The van der Waals surface area contributed by atoms with Crippen molar-refractivity contribution in [1.29, 1.82) is 0 Å². The maximum atomic E-state index is 13.6. The number of Topliss-reactive ketones (excluding diaryl/α,β-unsaturated/α-hetero) is 1. The van der Waals surface area contributed by atoms with Gasteiger partial charge in [-0.2, -0.15) is 9.78 Å². The van der Waals surface area contributed by atoms with Crippen molar-refractivity contribution in [1.82, 2.24) is 14.8 Å². The molecule has 0 aromatic carbocycles. The summed E-state index contributed by atoms with van der Waals surface area (Å²) in [7, 11) is -3.45. The third-order valence-corrected chi connectivity index (χ3v) is 6.22. The number of alkyl halides is 2. The zero-order valence-electron chi connectivity index (χ0n) is 16.4. The maximum Gasteiger partial charge on any atom is 0.282 e. The summed E-state index contributed by atoms with van der Waals surface area (Å²) in [5.74, 6) is 0.184. The van der Waals surface area contributed by atoms with Crippen LogP contribution in [-0.2, 0) is 9.84 Å². The number of nitrogens with one attached hydrogen (secondary N) is 1. The van der Waals surface area contributed by atoms with Gasteiger partial charge in [-0.05, 0) is 37.8 Å². The second-order valence-electron chi connectivity index (χ2n) is 7.39. The summed E-state index contributed by atoms with van der Waals surface area (Å²) >= 11 is 0. The fraction of sp³-hybridized carbons (Fsp3) is 0.526. The molecular weight excluding hydrogens is 402 g/mol. The van der Waals surface area contributed by atoms with Crippen LogP contribution in [0.5, 0.6) is 0 Å². The number of hydrogen-bond donors (Lipinski definition) is 1. The molecule has 0 radical (unpaired) electrons. The van der Waals surface area contributed by atoms with Crippen LogP contribution in [0, 0.1) is 5.92 Å². The Hall–Kier alpha value is -2.36. The summed E-state index contributed by atoms with van der Waals surface area (Å²) < 4.78 is 51.6. The van der Waals surface area contributed by atoms with Gasteiger partial charge in [0.2, 0.25) is 0 Å². The molecule has 0 spiro atoms. The third kappa shape index (κ3) is 4.80. The number of ketones is 1. The molecule has 0 bridgehead atoms. The van der Waals surface area contributed by atoms with Gasteiger partial charge in [0.05, 0.1) is 10.5 Å². The largest absolute Gasteiger partial charge is 0.369 e. The molecule has 1 aliphatic rings. The van der Waals surface area contributed by atoms with Crippen LogP contribution >= 0.6 is 0 Å². The van der Waals surface area contributed by atoms with Crippen LogP contribution in [0.2, 0.25) is 0 Å². The predicted octanol–water partition coefficient (Wildman–Crippen LogP) is 3.80.